The molecule has 6 heteroatoms. The lowest BCUT2D eigenvalue weighted by Crippen LogP contribution is -2.17. The van der Waals surface area contributed by atoms with Crippen LogP contribution in [0.3, 0.4) is 0 Å². The van der Waals surface area contributed by atoms with Gasteiger partial charge in [0.1, 0.15) is 5.76 Å². The van der Waals surface area contributed by atoms with Gasteiger partial charge < -0.3 is 14.6 Å². The number of nitrogens with zero attached hydrogens (tertiary/aromatic N) is 3. The van der Waals surface area contributed by atoms with Crippen LogP contribution < -0.4 is 10.2 Å². The summed E-state index contributed by atoms with van der Waals surface area (Å²) in [4.78, 5) is 22.5. The van der Waals surface area contributed by atoms with Crippen molar-refractivity contribution in [2.24, 2.45) is 0 Å². The summed E-state index contributed by atoms with van der Waals surface area (Å²) in [7, 11) is 3.75. The molecule has 0 aromatic carbocycles. The average molecular weight is 286 g/mol. The van der Waals surface area contributed by atoms with E-state index in [0.29, 0.717) is 17.4 Å². The highest BCUT2D eigenvalue weighted by atomic mass is 16.3. The zero-order valence-corrected chi connectivity index (χ0v) is 12.5. The van der Waals surface area contributed by atoms with Crippen molar-refractivity contribution in [3.05, 3.63) is 41.6 Å². The van der Waals surface area contributed by atoms with E-state index in [1.807, 2.05) is 32.8 Å². The molecule has 0 unspecified atom stereocenters. The van der Waals surface area contributed by atoms with Crippen LogP contribution in [0.15, 0.2) is 28.9 Å². The van der Waals surface area contributed by atoms with Gasteiger partial charge in [-0.25, -0.2) is 9.97 Å². The lowest BCUT2D eigenvalue weighted by molar-refractivity contribution is -0.111. The maximum absolute atomic E-state index is 11.9. The van der Waals surface area contributed by atoms with Crippen LogP contribution in [0.1, 0.15) is 17.1 Å². The van der Waals surface area contributed by atoms with E-state index in [1.165, 1.54) is 6.08 Å². The van der Waals surface area contributed by atoms with Gasteiger partial charge in [0.25, 0.3) is 0 Å². The number of rotatable bonds is 4. The molecule has 1 N–H and O–H groups in total. The van der Waals surface area contributed by atoms with Gasteiger partial charge in [0.2, 0.25) is 11.9 Å². The predicted octanol–water partition coefficient (Wildman–Crippen LogP) is 2.40. The van der Waals surface area contributed by atoms with Crippen LogP contribution in [-0.4, -0.2) is 30.0 Å². The number of carbonyl (C=O) groups excluding carboxylic acids is 1. The number of hydrogen-bond donors (Lipinski definition) is 1. The fraction of sp³-hybridized carbons (Fsp3) is 0.267. The molecular formula is C15H18N4O2. The molecular weight excluding hydrogens is 268 g/mol. The van der Waals surface area contributed by atoms with E-state index >= 15 is 0 Å². The second-order valence-electron chi connectivity index (χ2n) is 4.80. The fourth-order valence-corrected chi connectivity index (χ4v) is 1.79. The van der Waals surface area contributed by atoms with Crippen molar-refractivity contribution in [1.82, 2.24) is 9.97 Å². The van der Waals surface area contributed by atoms with Crippen molar-refractivity contribution >= 4 is 23.6 Å². The molecule has 2 aromatic heterocycles. The van der Waals surface area contributed by atoms with E-state index in [2.05, 4.69) is 15.3 Å². The van der Waals surface area contributed by atoms with Crippen molar-refractivity contribution in [1.29, 1.82) is 0 Å². The first-order valence-electron chi connectivity index (χ1n) is 6.52. The van der Waals surface area contributed by atoms with Crippen LogP contribution in [0.4, 0.5) is 11.6 Å². The topological polar surface area (TPSA) is 71.3 Å². The summed E-state index contributed by atoms with van der Waals surface area (Å²) in [6, 6.07) is 3.54. The van der Waals surface area contributed by atoms with Gasteiger partial charge in [-0.2, -0.15) is 0 Å². The maximum Gasteiger partial charge on any atom is 0.248 e. The van der Waals surface area contributed by atoms with Gasteiger partial charge in [-0.3, -0.25) is 4.79 Å². The summed E-state index contributed by atoms with van der Waals surface area (Å²) in [6.45, 7) is 3.68. The largest absolute Gasteiger partial charge is 0.465 e. The Labute approximate surface area is 123 Å². The molecule has 0 saturated heterocycles. The summed E-state index contributed by atoms with van der Waals surface area (Å²) in [5, 5.41) is 2.80. The Morgan fingerprint density at radius 1 is 1.29 bits per heavy atom. The SMILES string of the molecule is Cc1nc(N(C)C)nc(C)c1NC(=O)/C=C/c1ccco1. The van der Waals surface area contributed by atoms with Crippen molar-refractivity contribution < 1.29 is 9.21 Å². The Balaban J connectivity index is 2.14. The molecule has 0 aliphatic carbocycles. The monoisotopic (exact) mass is 286 g/mol. The Bertz CT molecular complexity index is 637. The van der Waals surface area contributed by atoms with E-state index in [9.17, 15) is 4.79 Å². The highest BCUT2D eigenvalue weighted by Crippen LogP contribution is 2.19. The quantitative estimate of drug-likeness (QED) is 0.874. The minimum atomic E-state index is -0.251. The van der Waals surface area contributed by atoms with Gasteiger partial charge >= 0.3 is 0 Å². The predicted molar refractivity (Wildman–Crippen MR) is 82.2 cm³/mol. The van der Waals surface area contributed by atoms with E-state index in [0.717, 1.165) is 11.4 Å². The van der Waals surface area contributed by atoms with Gasteiger partial charge in [0, 0.05) is 20.2 Å². The number of anilines is 2. The number of hydrogen-bond acceptors (Lipinski definition) is 5. The van der Waals surface area contributed by atoms with Crippen LogP contribution in [-0.2, 0) is 4.79 Å². The number of furan rings is 1. The van der Waals surface area contributed by atoms with Gasteiger partial charge in [0.05, 0.1) is 23.3 Å². The van der Waals surface area contributed by atoms with Crippen molar-refractivity contribution in [3.63, 3.8) is 0 Å². The number of amides is 1. The maximum atomic E-state index is 11.9. The average Bonchev–Trinajstić information content (AvgIpc) is 2.93. The summed E-state index contributed by atoms with van der Waals surface area (Å²) >= 11 is 0. The van der Waals surface area contributed by atoms with Crippen LogP contribution in [0.25, 0.3) is 6.08 Å². The number of carbonyl (C=O) groups is 1. The summed E-state index contributed by atoms with van der Waals surface area (Å²) in [5.41, 5.74) is 2.09. The Kier molecular flexibility index (Phi) is 4.37. The molecule has 0 spiro atoms. The summed E-state index contributed by atoms with van der Waals surface area (Å²) in [5.74, 6) is 0.991. The van der Waals surface area contributed by atoms with Crippen LogP contribution in [0.5, 0.6) is 0 Å². The molecule has 1 amide bonds. The third-order valence-electron chi connectivity index (χ3n) is 2.85. The molecule has 2 heterocycles. The second kappa shape index (κ2) is 6.21. The standard InChI is InChI=1S/C15H18N4O2/c1-10-14(11(2)17-15(16-10)19(3)4)18-13(20)8-7-12-6-5-9-21-12/h5-9H,1-4H3,(H,18,20)/b8-7+. The smallest absolute Gasteiger partial charge is 0.248 e. The van der Waals surface area contributed by atoms with Crippen molar-refractivity contribution in [2.75, 3.05) is 24.3 Å². The van der Waals surface area contributed by atoms with E-state index < -0.39 is 0 Å². The molecule has 0 saturated carbocycles. The van der Waals surface area contributed by atoms with Crippen LogP contribution >= 0.6 is 0 Å². The van der Waals surface area contributed by atoms with E-state index in [1.54, 1.807) is 24.5 Å². The Hall–Kier alpha value is -2.63. The third kappa shape index (κ3) is 3.68. The number of aryl methyl sites for hydroxylation is 2. The molecule has 0 aliphatic rings. The van der Waals surface area contributed by atoms with E-state index in [4.69, 9.17) is 4.42 Å². The highest BCUT2D eigenvalue weighted by Gasteiger charge is 2.11. The molecule has 0 atom stereocenters. The van der Waals surface area contributed by atoms with Gasteiger partial charge in [-0.15, -0.1) is 0 Å². The fourth-order valence-electron chi connectivity index (χ4n) is 1.79. The van der Waals surface area contributed by atoms with Gasteiger partial charge in [-0.1, -0.05) is 0 Å². The molecule has 0 bridgehead atoms. The number of nitrogens with one attached hydrogen (secondary N) is 1. The van der Waals surface area contributed by atoms with E-state index in [-0.39, 0.29) is 5.91 Å². The summed E-state index contributed by atoms with van der Waals surface area (Å²) < 4.78 is 5.13. The molecule has 0 aliphatic heterocycles. The first-order valence-corrected chi connectivity index (χ1v) is 6.52. The Morgan fingerprint density at radius 3 is 2.48 bits per heavy atom. The minimum absolute atomic E-state index is 0.251. The van der Waals surface area contributed by atoms with Crippen LogP contribution in [0, 0.1) is 13.8 Å². The van der Waals surface area contributed by atoms with Gasteiger partial charge in [0.15, 0.2) is 0 Å². The molecule has 2 rings (SSSR count). The zero-order chi connectivity index (χ0) is 15.4. The first-order chi connectivity index (χ1) is 9.97. The molecule has 0 radical (unpaired) electrons. The molecule has 21 heavy (non-hydrogen) atoms. The van der Waals surface area contributed by atoms with Gasteiger partial charge in [-0.05, 0) is 32.1 Å². The molecule has 6 nitrogen and oxygen atoms in total. The first kappa shape index (κ1) is 14.8. The normalized spacial score (nSPS) is 10.9. The number of aromatic nitrogens is 2. The molecule has 0 fully saturated rings. The molecule has 110 valence electrons. The van der Waals surface area contributed by atoms with Crippen molar-refractivity contribution in [2.45, 2.75) is 13.8 Å². The second-order valence-corrected chi connectivity index (χ2v) is 4.80. The Morgan fingerprint density at radius 2 is 1.95 bits per heavy atom. The minimum Gasteiger partial charge on any atom is -0.465 e. The molecule has 2 aromatic rings. The zero-order valence-electron chi connectivity index (χ0n) is 12.5. The van der Waals surface area contributed by atoms with Crippen LogP contribution in [0.2, 0.25) is 0 Å². The highest BCUT2D eigenvalue weighted by molar-refractivity contribution is 6.02. The third-order valence-corrected chi connectivity index (χ3v) is 2.85. The lowest BCUT2D eigenvalue weighted by atomic mass is 10.2. The lowest BCUT2D eigenvalue weighted by Gasteiger charge is -2.15. The summed E-state index contributed by atoms with van der Waals surface area (Å²) in [6.07, 6.45) is 4.58. The van der Waals surface area contributed by atoms with Crippen molar-refractivity contribution in [3.8, 4) is 0 Å².